The van der Waals surface area contributed by atoms with Crippen LogP contribution in [0.15, 0.2) is 16.8 Å². The Balaban J connectivity index is 1.97. The molecule has 0 radical (unpaired) electrons. The van der Waals surface area contributed by atoms with Gasteiger partial charge in [0.05, 0.1) is 0 Å². The molecule has 0 bridgehead atoms. The molecule has 2 aliphatic heterocycles. The number of fused-ring (bicyclic) bond motifs is 1. The summed E-state index contributed by atoms with van der Waals surface area (Å²) in [6.45, 7) is 2.24. The molecular weight excluding hydrogens is 194 g/mol. The predicted octanol–water partition coefficient (Wildman–Crippen LogP) is 1.80. The minimum absolute atomic E-state index is 0.386. The van der Waals surface area contributed by atoms with E-state index < -0.39 is 5.60 Å². The zero-order chi connectivity index (χ0) is 9.60. The summed E-state index contributed by atoms with van der Waals surface area (Å²) in [5.41, 5.74) is 0.591. The fourth-order valence-electron chi connectivity index (χ4n) is 2.96. The Morgan fingerprint density at radius 1 is 1.50 bits per heavy atom. The summed E-state index contributed by atoms with van der Waals surface area (Å²) in [5.74, 6) is 0. The van der Waals surface area contributed by atoms with Crippen molar-refractivity contribution >= 4 is 11.3 Å². The summed E-state index contributed by atoms with van der Waals surface area (Å²) in [6.07, 6.45) is 3.32. The molecule has 2 nitrogen and oxygen atoms in total. The quantitative estimate of drug-likeness (QED) is 0.762. The first-order valence-electron chi connectivity index (χ1n) is 5.30. The van der Waals surface area contributed by atoms with Gasteiger partial charge in [0.25, 0.3) is 0 Å². The van der Waals surface area contributed by atoms with E-state index in [0.29, 0.717) is 6.04 Å². The molecule has 76 valence electrons. The molecule has 3 heterocycles. The molecule has 1 aromatic rings. The van der Waals surface area contributed by atoms with Gasteiger partial charge < -0.3 is 5.11 Å². The second-order valence-corrected chi connectivity index (χ2v) is 5.16. The molecule has 3 rings (SSSR count). The third-order valence-corrected chi connectivity index (χ3v) is 4.40. The van der Waals surface area contributed by atoms with E-state index in [-0.39, 0.29) is 0 Å². The molecule has 2 fully saturated rings. The predicted molar refractivity (Wildman–Crippen MR) is 57.4 cm³/mol. The van der Waals surface area contributed by atoms with Crippen molar-refractivity contribution in [3.8, 4) is 0 Å². The number of nitrogens with zero attached hydrogens (tertiary/aromatic N) is 1. The van der Waals surface area contributed by atoms with E-state index in [2.05, 4.69) is 21.7 Å². The van der Waals surface area contributed by atoms with Crippen molar-refractivity contribution in [3.05, 3.63) is 22.4 Å². The van der Waals surface area contributed by atoms with Crippen LogP contribution in [0.2, 0.25) is 0 Å². The van der Waals surface area contributed by atoms with Crippen LogP contribution in [0.25, 0.3) is 0 Å². The van der Waals surface area contributed by atoms with Crippen LogP contribution in [-0.4, -0.2) is 29.1 Å². The van der Waals surface area contributed by atoms with Crippen molar-refractivity contribution in [3.63, 3.8) is 0 Å². The van der Waals surface area contributed by atoms with Crippen molar-refractivity contribution in [2.45, 2.75) is 30.9 Å². The van der Waals surface area contributed by atoms with Crippen LogP contribution < -0.4 is 0 Å². The molecule has 2 aliphatic rings. The molecule has 14 heavy (non-hydrogen) atoms. The highest BCUT2D eigenvalue weighted by molar-refractivity contribution is 7.08. The van der Waals surface area contributed by atoms with E-state index >= 15 is 0 Å². The third-order valence-electron chi connectivity index (χ3n) is 3.72. The maximum absolute atomic E-state index is 10.7. The van der Waals surface area contributed by atoms with Gasteiger partial charge in [0.2, 0.25) is 0 Å². The highest BCUT2D eigenvalue weighted by atomic mass is 32.1. The molecular formula is C11H15NOS. The highest BCUT2D eigenvalue weighted by Gasteiger charge is 2.48. The van der Waals surface area contributed by atoms with E-state index in [9.17, 15) is 5.11 Å². The SMILES string of the molecule is OC1(c2ccsc2)CCN2CCCC21. The van der Waals surface area contributed by atoms with E-state index in [0.717, 1.165) is 24.9 Å². The van der Waals surface area contributed by atoms with Crippen LogP contribution in [0.5, 0.6) is 0 Å². The zero-order valence-electron chi connectivity index (χ0n) is 8.15. The minimum Gasteiger partial charge on any atom is -0.383 e. The van der Waals surface area contributed by atoms with Crippen molar-refractivity contribution in [1.29, 1.82) is 0 Å². The van der Waals surface area contributed by atoms with Crippen LogP contribution in [-0.2, 0) is 5.60 Å². The van der Waals surface area contributed by atoms with Gasteiger partial charge in [-0.15, -0.1) is 0 Å². The monoisotopic (exact) mass is 209 g/mol. The number of rotatable bonds is 1. The van der Waals surface area contributed by atoms with Crippen LogP contribution in [0.3, 0.4) is 0 Å². The maximum Gasteiger partial charge on any atom is 0.107 e. The molecule has 2 unspecified atom stereocenters. The van der Waals surface area contributed by atoms with E-state index in [1.165, 1.54) is 13.0 Å². The second kappa shape index (κ2) is 3.05. The Labute approximate surface area is 88.2 Å². The molecule has 1 aromatic heterocycles. The van der Waals surface area contributed by atoms with E-state index in [1.807, 2.05) is 0 Å². The van der Waals surface area contributed by atoms with Crippen LogP contribution in [0.1, 0.15) is 24.8 Å². The first-order valence-corrected chi connectivity index (χ1v) is 6.24. The van der Waals surface area contributed by atoms with Gasteiger partial charge in [-0.05, 0) is 48.2 Å². The van der Waals surface area contributed by atoms with Crippen LogP contribution in [0, 0.1) is 0 Å². The van der Waals surface area contributed by atoms with Crippen molar-refractivity contribution < 1.29 is 5.11 Å². The first kappa shape index (κ1) is 8.89. The number of hydrogen-bond acceptors (Lipinski definition) is 3. The standard InChI is InChI=1S/C11H15NOS/c13-11(9-3-7-14-8-9)4-6-12-5-1-2-10(11)12/h3,7-8,10,13H,1-2,4-6H2. The third kappa shape index (κ3) is 1.09. The fourth-order valence-corrected chi connectivity index (χ4v) is 3.70. The molecule has 3 heteroatoms. The lowest BCUT2D eigenvalue weighted by atomic mass is 9.87. The second-order valence-electron chi connectivity index (χ2n) is 4.38. The Hall–Kier alpha value is -0.380. The number of aliphatic hydroxyl groups is 1. The lowest BCUT2D eigenvalue weighted by Gasteiger charge is -2.29. The summed E-state index contributed by atoms with van der Waals surface area (Å²) in [6, 6.07) is 2.46. The lowest BCUT2D eigenvalue weighted by molar-refractivity contribution is 0.00977. The van der Waals surface area contributed by atoms with Gasteiger partial charge in [-0.25, -0.2) is 0 Å². The van der Waals surface area contributed by atoms with Gasteiger partial charge in [-0.3, -0.25) is 4.90 Å². The largest absolute Gasteiger partial charge is 0.383 e. The van der Waals surface area contributed by atoms with Crippen LogP contribution in [0.4, 0.5) is 0 Å². The highest BCUT2D eigenvalue weighted by Crippen LogP contribution is 2.43. The lowest BCUT2D eigenvalue weighted by Crippen LogP contribution is -2.38. The normalized spacial score (nSPS) is 37.6. The molecule has 2 saturated heterocycles. The molecule has 2 atom stereocenters. The zero-order valence-corrected chi connectivity index (χ0v) is 8.96. The van der Waals surface area contributed by atoms with Crippen LogP contribution >= 0.6 is 11.3 Å². The van der Waals surface area contributed by atoms with Gasteiger partial charge in [0.1, 0.15) is 5.60 Å². The topological polar surface area (TPSA) is 23.5 Å². The molecule has 1 N–H and O–H groups in total. The molecule has 0 amide bonds. The Bertz CT molecular complexity index is 324. The van der Waals surface area contributed by atoms with Crippen molar-refractivity contribution in [2.24, 2.45) is 0 Å². The Morgan fingerprint density at radius 2 is 2.43 bits per heavy atom. The summed E-state index contributed by atoms with van der Waals surface area (Å²) in [7, 11) is 0. The van der Waals surface area contributed by atoms with E-state index in [4.69, 9.17) is 0 Å². The smallest absolute Gasteiger partial charge is 0.107 e. The first-order chi connectivity index (χ1) is 6.81. The fraction of sp³-hybridized carbons (Fsp3) is 0.636. The van der Waals surface area contributed by atoms with Gasteiger partial charge >= 0.3 is 0 Å². The molecule has 0 spiro atoms. The molecule has 0 aliphatic carbocycles. The Kier molecular flexibility index (Phi) is 1.94. The molecule has 0 aromatic carbocycles. The van der Waals surface area contributed by atoms with Crippen molar-refractivity contribution in [2.75, 3.05) is 13.1 Å². The molecule has 0 saturated carbocycles. The van der Waals surface area contributed by atoms with Gasteiger partial charge in [-0.2, -0.15) is 11.3 Å². The number of hydrogen-bond donors (Lipinski definition) is 1. The van der Waals surface area contributed by atoms with Gasteiger partial charge in [0, 0.05) is 12.6 Å². The van der Waals surface area contributed by atoms with Crippen molar-refractivity contribution in [1.82, 2.24) is 4.90 Å². The van der Waals surface area contributed by atoms with Gasteiger partial charge in [-0.1, -0.05) is 0 Å². The average molecular weight is 209 g/mol. The Morgan fingerprint density at radius 3 is 3.21 bits per heavy atom. The number of thiophene rings is 1. The maximum atomic E-state index is 10.7. The summed E-state index contributed by atoms with van der Waals surface area (Å²) in [5, 5.41) is 14.8. The average Bonchev–Trinajstić information content (AvgIpc) is 2.84. The van der Waals surface area contributed by atoms with E-state index in [1.54, 1.807) is 11.3 Å². The summed E-state index contributed by atoms with van der Waals surface area (Å²) >= 11 is 1.68. The summed E-state index contributed by atoms with van der Waals surface area (Å²) < 4.78 is 0. The summed E-state index contributed by atoms with van der Waals surface area (Å²) in [4.78, 5) is 2.44. The minimum atomic E-state index is -0.545. The van der Waals surface area contributed by atoms with Gasteiger partial charge in [0.15, 0.2) is 0 Å².